The highest BCUT2D eigenvalue weighted by atomic mass is 16.6. The predicted molar refractivity (Wildman–Crippen MR) is 104 cm³/mol. The Labute approximate surface area is 172 Å². The van der Waals surface area contributed by atoms with Gasteiger partial charge in [-0.05, 0) is 35.4 Å². The third kappa shape index (κ3) is 5.47. The number of carbonyl (C=O) groups excluding carboxylic acids is 4. The van der Waals surface area contributed by atoms with Crippen LogP contribution in [0.25, 0.3) is 10.8 Å². The van der Waals surface area contributed by atoms with E-state index in [1.165, 1.54) is 7.11 Å². The van der Waals surface area contributed by atoms with Crippen LogP contribution >= 0.6 is 0 Å². The highest BCUT2D eigenvalue weighted by molar-refractivity contribution is 5.98. The van der Waals surface area contributed by atoms with Crippen molar-refractivity contribution in [3.63, 3.8) is 0 Å². The zero-order chi connectivity index (χ0) is 22.3. The average molecular weight is 418 g/mol. The van der Waals surface area contributed by atoms with Gasteiger partial charge in [-0.2, -0.15) is 0 Å². The van der Waals surface area contributed by atoms with Crippen molar-refractivity contribution in [3.8, 4) is 5.75 Å². The van der Waals surface area contributed by atoms with E-state index in [1.54, 1.807) is 43.3 Å². The van der Waals surface area contributed by atoms with Crippen molar-refractivity contribution in [3.05, 3.63) is 42.0 Å². The first-order valence-electron chi connectivity index (χ1n) is 8.90. The first kappa shape index (κ1) is 22.7. The van der Waals surface area contributed by atoms with Gasteiger partial charge in [-0.1, -0.05) is 24.3 Å². The van der Waals surface area contributed by atoms with Gasteiger partial charge in [0.25, 0.3) is 6.10 Å². The standard InChI is InChI=1S/C21H22O9/c1-12(19(23)29-11-17(22)26-2)13-5-6-15-10-16(8-7-14(15)9-13)30-18(20(24)27-3)21(25)28-4/h5-10,12,18H,11H2,1-4H3. The molecule has 0 aliphatic heterocycles. The highest BCUT2D eigenvalue weighted by Crippen LogP contribution is 2.26. The van der Waals surface area contributed by atoms with E-state index >= 15 is 0 Å². The zero-order valence-electron chi connectivity index (χ0n) is 17.0. The van der Waals surface area contributed by atoms with E-state index in [0.717, 1.165) is 25.0 Å². The molecule has 2 aromatic rings. The maximum Gasteiger partial charge on any atom is 0.359 e. The van der Waals surface area contributed by atoms with Crippen molar-refractivity contribution in [1.82, 2.24) is 0 Å². The molecule has 0 spiro atoms. The van der Waals surface area contributed by atoms with E-state index in [9.17, 15) is 19.2 Å². The number of esters is 4. The van der Waals surface area contributed by atoms with Crippen LogP contribution in [-0.4, -0.2) is 57.9 Å². The van der Waals surface area contributed by atoms with E-state index < -0.39 is 42.5 Å². The molecule has 0 aromatic heterocycles. The lowest BCUT2D eigenvalue weighted by Crippen LogP contribution is -2.37. The Morgan fingerprint density at radius 1 is 0.800 bits per heavy atom. The number of hydrogen-bond donors (Lipinski definition) is 0. The first-order chi connectivity index (χ1) is 14.3. The molecule has 0 N–H and O–H groups in total. The molecule has 30 heavy (non-hydrogen) atoms. The molecule has 9 nitrogen and oxygen atoms in total. The number of carbonyl (C=O) groups is 4. The van der Waals surface area contributed by atoms with Gasteiger partial charge in [0.2, 0.25) is 0 Å². The van der Waals surface area contributed by atoms with Crippen molar-refractivity contribution in [2.45, 2.75) is 18.9 Å². The summed E-state index contributed by atoms with van der Waals surface area (Å²) in [6.07, 6.45) is -1.54. The molecule has 0 amide bonds. The number of rotatable bonds is 8. The number of fused-ring (bicyclic) bond motifs is 1. The Hall–Kier alpha value is -3.62. The molecule has 160 valence electrons. The summed E-state index contributed by atoms with van der Waals surface area (Å²) in [5.41, 5.74) is 0.688. The second-order valence-electron chi connectivity index (χ2n) is 6.22. The monoisotopic (exact) mass is 418 g/mol. The van der Waals surface area contributed by atoms with Crippen LogP contribution in [0, 0.1) is 0 Å². The minimum Gasteiger partial charge on any atom is -0.467 e. The smallest absolute Gasteiger partial charge is 0.359 e. The fraction of sp³-hybridized carbons (Fsp3) is 0.333. The summed E-state index contributed by atoms with van der Waals surface area (Å²) in [6.45, 7) is 1.21. The quantitative estimate of drug-likeness (QED) is 0.359. The number of methoxy groups -OCH3 is 3. The van der Waals surface area contributed by atoms with Crippen LogP contribution in [-0.2, 0) is 38.1 Å². The minimum atomic E-state index is -1.54. The number of ether oxygens (including phenoxy) is 5. The van der Waals surface area contributed by atoms with Crippen molar-refractivity contribution < 1.29 is 42.9 Å². The Balaban J connectivity index is 2.19. The minimum absolute atomic E-state index is 0.265. The van der Waals surface area contributed by atoms with Gasteiger partial charge in [0.15, 0.2) is 6.61 Å². The van der Waals surface area contributed by atoms with Crippen molar-refractivity contribution in [2.24, 2.45) is 0 Å². The fourth-order valence-electron chi connectivity index (χ4n) is 2.58. The van der Waals surface area contributed by atoms with Gasteiger partial charge in [0.05, 0.1) is 27.2 Å². The van der Waals surface area contributed by atoms with E-state index in [0.29, 0.717) is 5.56 Å². The molecule has 0 saturated carbocycles. The molecule has 0 radical (unpaired) electrons. The fourth-order valence-corrected chi connectivity index (χ4v) is 2.58. The molecule has 9 heteroatoms. The van der Waals surface area contributed by atoms with Crippen LogP contribution in [0.15, 0.2) is 36.4 Å². The molecule has 2 aromatic carbocycles. The van der Waals surface area contributed by atoms with Crippen LogP contribution in [0.3, 0.4) is 0 Å². The summed E-state index contributed by atoms with van der Waals surface area (Å²) in [5.74, 6) is -3.29. The van der Waals surface area contributed by atoms with Gasteiger partial charge in [0, 0.05) is 0 Å². The summed E-state index contributed by atoms with van der Waals surface area (Å²) in [4.78, 5) is 46.7. The summed E-state index contributed by atoms with van der Waals surface area (Å²) in [5, 5.41) is 1.54. The summed E-state index contributed by atoms with van der Waals surface area (Å²) >= 11 is 0. The third-order valence-electron chi connectivity index (χ3n) is 4.33. The maximum atomic E-state index is 12.1. The second kappa shape index (κ2) is 10.2. The lowest BCUT2D eigenvalue weighted by atomic mass is 9.98. The van der Waals surface area contributed by atoms with Crippen LogP contribution in [0.1, 0.15) is 18.4 Å². The Kier molecular flexibility index (Phi) is 7.74. The van der Waals surface area contributed by atoms with Gasteiger partial charge in [-0.15, -0.1) is 0 Å². The van der Waals surface area contributed by atoms with E-state index in [1.807, 2.05) is 0 Å². The second-order valence-corrected chi connectivity index (χ2v) is 6.22. The molecule has 0 aliphatic carbocycles. The molecule has 0 aliphatic rings. The lowest BCUT2D eigenvalue weighted by molar-refractivity contribution is -0.163. The lowest BCUT2D eigenvalue weighted by Gasteiger charge is -2.15. The molecule has 0 heterocycles. The van der Waals surface area contributed by atoms with Gasteiger partial charge < -0.3 is 23.7 Å². The Morgan fingerprint density at radius 2 is 1.40 bits per heavy atom. The Morgan fingerprint density at radius 3 is 2.00 bits per heavy atom. The molecule has 1 atom stereocenters. The van der Waals surface area contributed by atoms with Crippen molar-refractivity contribution in [2.75, 3.05) is 27.9 Å². The molecule has 0 saturated heterocycles. The Bertz CT molecular complexity index is 935. The van der Waals surface area contributed by atoms with Crippen LogP contribution < -0.4 is 4.74 Å². The zero-order valence-corrected chi connectivity index (χ0v) is 17.0. The molecule has 1 unspecified atom stereocenters. The highest BCUT2D eigenvalue weighted by Gasteiger charge is 2.31. The maximum absolute atomic E-state index is 12.1. The molecular formula is C21H22O9. The largest absolute Gasteiger partial charge is 0.467 e. The summed E-state index contributed by atoms with van der Waals surface area (Å²) in [7, 11) is 3.49. The van der Waals surface area contributed by atoms with Crippen molar-refractivity contribution in [1.29, 1.82) is 0 Å². The molecular weight excluding hydrogens is 396 g/mol. The third-order valence-corrected chi connectivity index (χ3v) is 4.33. The number of benzene rings is 2. The van der Waals surface area contributed by atoms with E-state index in [-0.39, 0.29) is 5.75 Å². The van der Waals surface area contributed by atoms with Gasteiger partial charge >= 0.3 is 23.9 Å². The summed E-state index contributed by atoms with van der Waals surface area (Å²) < 4.78 is 23.9. The molecule has 0 bridgehead atoms. The van der Waals surface area contributed by atoms with Gasteiger partial charge in [-0.3, -0.25) is 4.79 Å². The van der Waals surface area contributed by atoms with Gasteiger partial charge in [-0.25, -0.2) is 14.4 Å². The molecule has 2 rings (SSSR count). The van der Waals surface area contributed by atoms with Crippen LogP contribution in [0.2, 0.25) is 0 Å². The van der Waals surface area contributed by atoms with Crippen LogP contribution in [0.4, 0.5) is 0 Å². The average Bonchev–Trinajstić information content (AvgIpc) is 2.78. The normalized spacial score (nSPS) is 11.5. The van der Waals surface area contributed by atoms with Crippen molar-refractivity contribution >= 4 is 34.6 Å². The van der Waals surface area contributed by atoms with Gasteiger partial charge in [0.1, 0.15) is 5.75 Å². The van der Waals surface area contributed by atoms with Crippen LogP contribution in [0.5, 0.6) is 5.75 Å². The first-order valence-corrected chi connectivity index (χ1v) is 8.90. The SMILES string of the molecule is COC(=O)COC(=O)C(C)c1ccc2cc(OC(C(=O)OC)C(=O)OC)ccc2c1. The summed E-state index contributed by atoms with van der Waals surface area (Å²) in [6, 6.07) is 10.2. The number of hydrogen-bond acceptors (Lipinski definition) is 9. The predicted octanol–water partition coefficient (Wildman–Crippen LogP) is 1.75. The van der Waals surface area contributed by atoms with E-state index in [4.69, 9.17) is 9.47 Å². The van der Waals surface area contributed by atoms with E-state index in [2.05, 4.69) is 14.2 Å². The topological polar surface area (TPSA) is 114 Å². The molecule has 0 fully saturated rings.